The summed E-state index contributed by atoms with van der Waals surface area (Å²) in [6.07, 6.45) is 0.804. The molecule has 0 saturated heterocycles. The van der Waals surface area contributed by atoms with Crippen LogP contribution in [-0.2, 0) is 19.9 Å². The van der Waals surface area contributed by atoms with E-state index >= 15 is 0 Å². The molecule has 0 spiro atoms. The average molecular weight is 248 g/mol. The van der Waals surface area contributed by atoms with Crippen molar-refractivity contribution >= 4 is 5.97 Å². The van der Waals surface area contributed by atoms with Crippen LogP contribution in [-0.4, -0.2) is 18.7 Å². The van der Waals surface area contributed by atoms with E-state index in [9.17, 15) is 4.79 Å². The van der Waals surface area contributed by atoms with Gasteiger partial charge in [-0.15, -0.1) is 0 Å². The van der Waals surface area contributed by atoms with E-state index in [0.29, 0.717) is 13.0 Å². The molecule has 18 heavy (non-hydrogen) atoms. The molecule has 1 fully saturated rings. The third-order valence-electron chi connectivity index (χ3n) is 3.19. The highest BCUT2D eigenvalue weighted by atomic mass is 16.5. The minimum absolute atomic E-state index is 0.0876. The summed E-state index contributed by atoms with van der Waals surface area (Å²) in [5.41, 5.74) is 0.596. The van der Waals surface area contributed by atoms with Crippen molar-refractivity contribution in [2.45, 2.75) is 38.9 Å². The summed E-state index contributed by atoms with van der Waals surface area (Å²) in [6, 6.07) is 9.94. The fraction of sp³-hybridized carbons (Fsp3) is 0.533. The molecule has 0 radical (unpaired) electrons. The maximum Gasteiger partial charge on any atom is 0.312 e. The Hall–Kier alpha value is -1.35. The summed E-state index contributed by atoms with van der Waals surface area (Å²) < 4.78 is 11.1. The third kappa shape index (κ3) is 2.41. The van der Waals surface area contributed by atoms with Crippen molar-refractivity contribution in [3.63, 3.8) is 0 Å². The van der Waals surface area contributed by atoms with E-state index in [1.807, 2.05) is 51.1 Å². The van der Waals surface area contributed by atoms with Gasteiger partial charge in [-0.25, -0.2) is 0 Å². The Kier molecular flexibility index (Phi) is 3.71. The van der Waals surface area contributed by atoms with Gasteiger partial charge >= 0.3 is 5.97 Å². The Labute approximate surface area is 108 Å². The Morgan fingerprint density at radius 2 is 2.06 bits per heavy atom. The molecule has 3 heteroatoms. The second kappa shape index (κ2) is 5.11. The van der Waals surface area contributed by atoms with Crippen LogP contribution in [0.15, 0.2) is 30.3 Å². The van der Waals surface area contributed by atoms with Gasteiger partial charge in [0, 0.05) is 0 Å². The number of ether oxygens (including phenoxy) is 2. The van der Waals surface area contributed by atoms with Gasteiger partial charge in [-0.05, 0) is 32.8 Å². The normalized spacial score (nSPS) is 26.1. The predicted octanol–water partition coefficient (Wildman–Crippen LogP) is 2.89. The fourth-order valence-corrected chi connectivity index (χ4v) is 2.42. The quantitative estimate of drug-likeness (QED) is 0.752. The monoisotopic (exact) mass is 248 g/mol. The lowest BCUT2D eigenvalue weighted by atomic mass is 10.1. The van der Waals surface area contributed by atoms with E-state index in [4.69, 9.17) is 9.47 Å². The second-order valence-corrected chi connectivity index (χ2v) is 4.93. The lowest BCUT2D eigenvalue weighted by Gasteiger charge is -2.21. The van der Waals surface area contributed by atoms with Crippen molar-refractivity contribution in [3.8, 4) is 0 Å². The number of carbonyl (C=O) groups is 1. The van der Waals surface area contributed by atoms with Crippen LogP contribution in [0.25, 0.3) is 0 Å². The molecule has 0 aliphatic heterocycles. The van der Waals surface area contributed by atoms with Gasteiger partial charge in [0.15, 0.2) is 0 Å². The predicted molar refractivity (Wildman–Crippen MR) is 69.1 cm³/mol. The van der Waals surface area contributed by atoms with E-state index in [0.717, 1.165) is 5.56 Å². The molecule has 0 aromatic heterocycles. The van der Waals surface area contributed by atoms with Gasteiger partial charge in [0.25, 0.3) is 0 Å². The zero-order chi connectivity index (χ0) is 13.2. The first-order valence-electron chi connectivity index (χ1n) is 6.50. The average Bonchev–Trinajstić information content (AvgIpc) is 3.05. The molecule has 1 aromatic rings. The number of benzene rings is 1. The minimum atomic E-state index is -0.471. The van der Waals surface area contributed by atoms with Crippen LogP contribution in [0.4, 0.5) is 0 Å². The van der Waals surface area contributed by atoms with Gasteiger partial charge in [0.05, 0.1) is 18.6 Å². The van der Waals surface area contributed by atoms with Crippen LogP contribution in [0.1, 0.15) is 32.8 Å². The summed E-state index contributed by atoms with van der Waals surface area (Å²) in [4.78, 5) is 11.9. The summed E-state index contributed by atoms with van der Waals surface area (Å²) in [7, 11) is 0. The van der Waals surface area contributed by atoms with Gasteiger partial charge in [0.2, 0.25) is 0 Å². The summed E-state index contributed by atoms with van der Waals surface area (Å²) in [5, 5.41) is 0. The number of carbonyl (C=O) groups excluding carboxylic acids is 1. The zero-order valence-corrected chi connectivity index (χ0v) is 11.2. The molecule has 0 amide bonds. The minimum Gasteiger partial charge on any atom is -0.466 e. The Morgan fingerprint density at radius 3 is 2.61 bits per heavy atom. The highest BCUT2D eigenvalue weighted by Gasteiger charge is 2.62. The molecule has 98 valence electrons. The molecule has 0 bridgehead atoms. The van der Waals surface area contributed by atoms with Crippen molar-refractivity contribution in [2.24, 2.45) is 5.92 Å². The maximum atomic E-state index is 11.9. The lowest BCUT2D eigenvalue weighted by Crippen LogP contribution is -2.23. The van der Waals surface area contributed by atoms with E-state index in [1.165, 1.54) is 0 Å². The molecule has 3 nitrogen and oxygen atoms in total. The van der Waals surface area contributed by atoms with Crippen molar-refractivity contribution in [1.29, 1.82) is 0 Å². The lowest BCUT2D eigenvalue weighted by molar-refractivity contribution is -0.148. The van der Waals surface area contributed by atoms with E-state index in [-0.39, 0.29) is 18.0 Å². The van der Waals surface area contributed by atoms with Crippen LogP contribution >= 0.6 is 0 Å². The Balaban J connectivity index is 2.21. The van der Waals surface area contributed by atoms with Gasteiger partial charge in [-0.1, -0.05) is 30.3 Å². The number of rotatable bonds is 5. The third-order valence-corrected chi connectivity index (χ3v) is 3.19. The highest BCUT2D eigenvalue weighted by Crippen LogP contribution is 2.56. The van der Waals surface area contributed by atoms with Crippen molar-refractivity contribution in [1.82, 2.24) is 0 Å². The Morgan fingerprint density at radius 1 is 1.39 bits per heavy atom. The fourth-order valence-electron chi connectivity index (χ4n) is 2.42. The summed E-state index contributed by atoms with van der Waals surface area (Å²) in [6.45, 7) is 6.23. The number of esters is 1. The summed E-state index contributed by atoms with van der Waals surface area (Å²) >= 11 is 0. The van der Waals surface area contributed by atoms with Gasteiger partial charge < -0.3 is 9.47 Å². The standard InChI is InChI=1S/C15H20O3/c1-4-17-14(16)13-10-15(13,18-11(2)3)12-8-6-5-7-9-12/h5-9,11,13H,4,10H2,1-3H3. The highest BCUT2D eigenvalue weighted by molar-refractivity contribution is 5.78. The van der Waals surface area contributed by atoms with E-state index < -0.39 is 5.60 Å². The van der Waals surface area contributed by atoms with Crippen LogP contribution in [0.3, 0.4) is 0 Å². The number of hydrogen-bond donors (Lipinski definition) is 0. The van der Waals surface area contributed by atoms with E-state index in [2.05, 4.69) is 0 Å². The molecule has 2 rings (SSSR count). The Bertz CT molecular complexity index is 413. The molecular weight excluding hydrogens is 228 g/mol. The summed E-state index contributed by atoms with van der Waals surface area (Å²) in [5.74, 6) is -0.316. The largest absolute Gasteiger partial charge is 0.466 e. The molecular formula is C15H20O3. The molecule has 1 aliphatic carbocycles. The SMILES string of the molecule is CCOC(=O)C1CC1(OC(C)C)c1ccccc1. The van der Waals surface area contributed by atoms with E-state index in [1.54, 1.807) is 0 Å². The number of hydrogen-bond acceptors (Lipinski definition) is 3. The first-order chi connectivity index (χ1) is 8.60. The van der Waals surface area contributed by atoms with Gasteiger partial charge in [-0.3, -0.25) is 4.79 Å². The maximum absolute atomic E-state index is 11.9. The molecule has 1 saturated carbocycles. The van der Waals surface area contributed by atoms with Gasteiger partial charge in [0.1, 0.15) is 5.60 Å². The zero-order valence-electron chi connectivity index (χ0n) is 11.2. The van der Waals surface area contributed by atoms with Crippen molar-refractivity contribution < 1.29 is 14.3 Å². The molecule has 2 atom stereocenters. The van der Waals surface area contributed by atoms with Crippen LogP contribution in [0.5, 0.6) is 0 Å². The van der Waals surface area contributed by atoms with Crippen molar-refractivity contribution in [3.05, 3.63) is 35.9 Å². The molecule has 0 N–H and O–H groups in total. The first kappa shape index (κ1) is 13.1. The van der Waals surface area contributed by atoms with Crippen LogP contribution in [0.2, 0.25) is 0 Å². The molecule has 0 heterocycles. The molecule has 1 aromatic carbocycles. The van der Waals surface area contributed by atoms with Crippen LogP contribution in [0, 0.1) is 5.92 Å². The van der Waals surface area contributed by atoms with Gasteiger partial charge in [-0.2, -0.15) is 0 Å². The first-order valence-corrected chi connectivity index (χ1v) is 6.50. The molecule has 2 unspecified atom stereocenters. The topological polar surface area (TPSA) is 35.5 Å². The molecule has 1 aliphatic rings. The smallest absolute Gasteiger partial charge is 0.312 e. The van der Waals surface area contributed by atoms with Crippen molar-refractivity contribution in [2.75, 3.05) is 6.61 Å². The van der Waals surface area contributed by atoms with Crippen LogP contribution < -0.4 is 0 Å². The second-order valence-electron chi connectivity index (χ2n) is 4.93.